The summed E-state index contributed by atoms with van der Waals surface area (Å²) in [6.07, 6.45) is 0.886. The van der Waals surface area contributed by atoms with Crippen molar-refractivity contribution in [3.05, 3.63) is 37.9 Å². The van der Waals surface area contributed by atoms with Gasteiger partial charge in [-0.25, -0.2) is 0 Å². The molecule has 1 N–H and O–H groups in total. The van der Waals surface area contributed by atoms with Gasteiger partial charge in [0, 0.05) is 18.7 Å². The molecule has 0 aliphatic carbocycles. The van der Waals surface area contributed by atoms with Crippen molar-refractivity contribution in [1.82, 2.24) is 5.32 Å². The van der Waals surface area contributed by atoms with Crippen molar-refractivity contribution >= 4 is 34.8 Å². The summed E-state index contributed by atoms with van der Waals surface area (Å²) in [6, 6.07) is 2.25. The number of nitrogens with one attached hydrogen (secondary N) is 1. The Morgan fingerprint density at radius 2 is 2.00 bits per heavy atom. The fraction of sp³-hybridized carbons (Fsp3) is 0.462. The van der Waals surface area contributed by atoms with Gasteiger partial charge in [-0.15, -0.1) is 0 Å². The van der Waals surface area contributed by atoms with E-state index in [2.05, 4.69) is 5.32 Å². The fourth-order valence-corrected chi connectivity index (χ4v) is 1.79. The van der Waals surface area contributed by atoms with E-state index in [-0.39, 0.29) is 26.7 Å². The number of nitro benzene ring substituents is 1. The van der Waals surface area contributed by atoms with Crippen LogP contribution in [0.2, 0.25) is 10.0 Å². The van der Waals surface area contributed by atoms with Gasteiger partial charge in [-0.3, -0.25) is 14.9 Å². The highest BCUT2D eigenvalue weighted by Gasteiger charge is 2.21. The molecule has 0 radical (unpaired) electrons. The first-order valence-electron chi connectivity index (χ1n) is 6.09. The first kappa shape index (κ1) is 16.7. The summed E-state index contributed by atoms with van der Waals surface area (Å²) >= 11 is 11.7. The molecule has 0 spiro atoms. The largest absolute Gasteiger partial charge is 0.351 e. The zero-order valence-corrected chi connectivity index (χ0v) is 13.0. The van der Waals surface area contributed by atoms with Gasteiger partial charge in [0.1, 0.15) is 0 Å². The predicted molar refractivity (Wildman–Crippen MR) is 79.5 cm³/mol. The van der Waals surface area contributed by atoms with Gasteiger partial charge >= 0.3 is 0 Å². The van der Waals surface area contributed by atoms with Crippen LogP contribution in [0.3, 0.4) is 0 Å². The molecule has 110 valence electrons. The summed E-state index contributed by atoms with van der Waals surface area (Å²) in [6.45, 7) is 6.48. The summed E-state index contributed by atoms with van der Waals surface area (Å²) < 4.78 is 0. The summed E-state index contributed by atoms with van der Waals surface area (Å²) in [5, 5.41) is 13.5. The molecule has 1 amide bonds. The van der Waals surface area contributed by atoms with E-state index in [1.165, 1.54) is 0 Å². The minimum atomic E-state index is -0.616. The average molecular weight is 319 g/mol. The summed E-state index contributed by atoms with van der Waals surface area (Å²) in [5.41, 5.74) is -0.316. The van der Waals surface area contributed by atoms with Crippen LogP contribution in [0.1, 0.15) is 37.6 Å². The van der Waals surface area contributed by atoms with Crippen LogP contribution in [0.5, 0.6) is 0 Å². The topological polar surface area (TPSA) is 72.2 Å². The highest BCUT2D eigenvalue weighted by molar-refractivity contribution is 6.44. The van der Waals surface area contributed by atoms with Gasteiger partial charge < -0.3 is 5.32 Å². The number of halogens is 2. The number of amides is 1. The van der Waals surface area contributed by atoms with E-state index < -0.39 is 10.8 Å². The number of carbonyl (C=O) groups excluding carboxylic acids is 1. The molecule has 0 unspecified atom stereocenters. The van der Waals surface area contributed by atoms with E-state index in [0.717, 1.165) is 18.6 Å². The third kappa shape index (κ3) is 4.08. The lowest BCUT2D eigenvalue weighted by Gasteiger charge is -2.23. The molecule has 0 saturated carbocycles. The Bertz CT molecular complexity index is 545. The number of non-ortho nitro benzene ring substituents is 1. The van der Waals surface area contributed by atoms with Gasteiger partial charge in [-0.05, 0) is 11.8 Å². The number of rotatable bonds is 5. The first-order chi connectivity index (χ1) is 9.18. The van der Waals surface area contributed by atoms with E-state index in [1.54, 1.807) is 0 Å². The molecule has 0 aromatic heterocycles. The van der Waals surface area contributed by atoms with Crippen molar-refractivity contribution in [1.29, 1.82) is 0 Å². The highest BCUT2D eigenvalue weighted by atomic mass is 35.5. The smallest absolute Gasteiger partial charge is 0.271 e. The lowest BCUT2D eigenvalue weighted by atomic mass is 9.90. The van der Waals surface area contributed by atoms with E-state index in [9.17, 15) is 14.9 Å². The van der Waals surface area contributed by atoms with Crippen LogP contribution in [0.4, 0.5) is 5.69 Å². The Morgan fingerprint density at radius 3 is 2.50 bits per heavy atom. The number of hydrogen-bond donors (Lipinski definition) is 1. The minimum Gasteiger partial charge on any atom is -0.351 e. The Labute approximate surface area is 127 Å². The number of benzene rings is 1. The van der Waals surface area contributed by atoms with Gasteiger partial charge in [-0.2, -0.15) is 0 Å². The van der Waals surface area contributed by atoms with E-state index in [0.29, 0.717) is 6.54 Å². The molecule has 0 fully saturated rings. The SMILES string of the molecule is CCC(C)(C)CNC(=O)c1cc([N+](=O)[O-])cc(Cl)c1Cl. The number of carbonyl (C=O) groups is 1. The Hall–Kier alpha value is -1.33. The van der Waals surface area contributed by atoms with Gasteiger partial charge in [0.2, 0.25) is 0 Å². The number of nitrogens with zero attached hydrogens (tertiary/aromatic N) is 1. The van der Waals surface area contributed by atoms with Crippen LogP contribution in [0.15, 0.2) is 12.1 Å². The van der Waals surface area contributed by atoms with Crippen molar-refractivity contribution in [2.75, 3.05) is 6.54 Å². The molecule has 0 heterocycles. The lowest BCUT2D eigenvalue weighted by molar-refractivity contribution is -0.384. The second kappa shape index (κ2) is 6.41. The molecule has 1 rings (SSSR count). The number of nitro groups is 1. The summed E-state index contributed by atoms with van der Waals surface area (Å²) in [7, 11) is 0. The molecular formula is C13H16Cl2N2O3. The quantitative estimate of drug-likeness (QED) is 0.657. The van der Waals surface area contributed by atoms with Gasteiger partial charge in [0.05, 0.1) is 20.5 Å². The third-order valence-corrected chi connectivity index (χ3v) is 3.96. The third-order valence-electron chi connectivity index (χ3n) is 3.15. The summed E-state index contributed by atoms with van der Waals surface area (Å²) in [4.78, 5) is 22.2. The van der Waals surface area contributed by atoms with Crippen LogP contribution in [0, 0.1) is 15.5 Å². The minimum absolute atomic E-state index is 0.0118. The summed E-state index contributed by atoms with van der Waals surface area (Å²) in [5.74, 6) is -0.470. The average Bonchev–Trinajstić information content (AvgIpc) is 2.38. The Morgan fingerprint density at radius 1 is 1.40 bits per heavy atom. The van der Waals surface area contributed by atoms with E-state index >= 15 is 0 Å². The second-order valence-corrected chi connectivity index (χ2v) is 6.03. The predicted octanol–water partition coefficient (Wildman–Crippen LogP) is 4.07. The van der Waals surface area contributed by atoms with Crippen LogP contribution in [-0.2, 0) is 0 Å². The van der Waals surface area contributed by atoms with Crippen LogP contribution < -0.4 is 5.32 Å². The molecule has 20 heavy (non-hydrogen) atoms. The van der Waals surface area contributed by atoms with Gasteiger partial charge in [0.15, 0.2) is 0 Å². The highest BCUT2D eigenvalue weighted by Crippen LogP contribution is 2.31. The molecule has 1 aromatic carbocycles. The van der Waals surface area contributed by atoms with Crippen LogP contribution in [0.25, 0.3) is 0 Å². The van der Waals surface area contributed by atoms with Crippen LogP contribution in [-0.4, -0.2) is 17.4 Å². The fourth-order valence-electron chi connectivity index (χ4n) is 1.39. The van der Waals surface area contributed by atoms with Gasteiger partial charge in [-0.1, -0.05) is 44.0 Å². The molecule has 0 bridgehead atoms. The molecule has 0 atom stereocenters. The molecule has 1 aromatic rings. The van der Waals surface area contributed by atoms with Crippen molar-refractivity contribution in [2.45, 2.75) is 27.2 Å². The first-order valence-corrected chi connectivity index (χ1v) is 6.85. The standard InChI is InChI=1S/C13H16Cl2N2O3/c1-4-13(2,3)7-16-12(18)9-5-8(17(19)20)6-10(14)11(9)15/h5-6H,4,7H2,1-3H3,(H,16,18). The van der Waals surface area contributed by atoms with Crippen molar-refractivity contribution in [2.24, 2.45) is 5.41 Å². The molecule has 0 aliphatic heterocycles. The Balaban J connectivity index is 3.01. The molecule has 0 aliphatic rings. The van der Waals surface area contributed by atoms with Crippen molar-refractivity contribution in [3.63, 3.8) is 0 Å². The molecule has 5 nitrogen and oxygen atoms in total. The molecule has 7 heteroatoms. The number of hydrogen-bond acceptors (Lipinski definition) is 3. The normalized spacial score (nSPS) is 11.2. The zero-order valence-electron chi connectivity index (χ0n) is 11.5. The maximum Gasteiger partial charge on any atom is 0.271 e. The van der Waals surface area contributed by atoms with Gasteiger partial charge in [0.25, 0.3) is 11.6 Å². The zero-order chi connectivity index (χ0) is 15.5. The van der Waals surface area contributed by atoms with Crippen molar-refractivity contribution < 1.29 is 9.72 Å². The molecular weight excluding hydrogens is 303 g/mol. The lowest BCUT2D eigenvalue weighted by Crippen LogP contribution is -2.33. The maximum atomic E-state index is 12.1. The molecule has 0 saturated heterocycles. The maximum absolute atomic E-state index is 12.1. The van der Waals surface area contributed by atoms with E-state index in [4.69, 9.17) is 23.2 Å². The van der Waals surface area contributed by atoms with Crippen LogP contribution >= 0.6 is 23.2 Å². The van der Waals surface area contributed by atoms with Crippen molar-refractivity contribution in [3.8, 4) is 0 Å². The monoisotopic (exact) mass is 318 g/mol. The van der Waals surface area contributed by atoms with E-state index in [1.807, 2.05) is 20.8 Å². The Kier molecular flexibility index (Phi) is 5.36. The second-order valence-electron chi connectivity index (χ2n) is 5.25.